The number of carboxylic acids is 1. The normalized spacial score (nSPS) is 12.4. The molecule has 1 aromatic rings. The third-order valence-corrected chi connectivity index (χ3v) is 4.96. The molecule has 1 unspecified atom stereocenters. The Balaban J connectivity index is 2.99. The van der Waals surface area contributed by atoms with Gasteiger partial charge in [-0.15, -0.1) is 0 Å². The highest BCUT2D eigenvalue weighted by Gasteiger charge is 2.24. The Morgan fingerprint density at radius 1 is 1.50 bits per heavy atom. The Bertz CT molecular complexity index is 645. The molecule has 0 spiro atoms. The summed E-state index contributed by atoms with van der Waals surface area (Å²) in [6, 6.07) is 6.42. The van der Waals surface area contributed by atoms with E-state index in [0.29, 0.717) is 11.3 Å². The van der Waals surface area contributed by atoms with Crippen molar-refractivity contribution < 1.29 is 23.1 Å². The molecule has 0 aliphatic rings. The van der Waals surface area contributed by atoms with Crippen LogP contribution in [0.4, 0.5) is 0 Å². The molecule has 0 aliphatic heterocycles. The van der Waals surface area contributed by atoms with E-state index in [9.17, 15) is 13.2 Å². The Morgan fingerprint density at radius 2 is 2.15 bits per heavy atom. The van der Waals surface area contributed by atoms with Gasteiger partial charge in [0.15, 0.2) is 9.84 Å². The summed E-state index contributed by atoms with van der Waals surface area (Å²) in [5.74, 6) is -1.10. The second-order valence-corrected chi connectivity index (χ2v) is 6.78. The summed E-state index contributed by atoms with van der Waals surface area (Å²) in [6.45, 7) is 1.36. The standard InChI is InChI=1S/C13H15NO5S/c1-9(5-13(15)16)20(17,18)8-10-3-4-12(19-2)11(6-10)7-14/h3-4,6,9H,5,8H2,1-2H3,(H,15,16). The van der Waals surface area contributed by atoms with Gasteiger partial charge in [-0.3, -0.25) is 4.79 Å². The van der Waals surface area contributed by atoms with Crippen molar-refractivity contribution in [1.82, 2.24) is 0 Å². The van der Waals surface area contributed by atoms with Gasteiger partial charge in [0.1, 0.15) is 11.8 Å². The van der Waals surface area contributed by atoms with Crippen LogP contribution in [0, 0.1) is 11.3 Å². The lowest BCUT2D eigenvalue weighted by atomic mass is 10.1. The van der Waals surface area contributed by atoms with Crippen LogP contribution in [0.3, 0.4) is 0 Å². The zero-order chi connectivity index (χ0) is 15.3. The summed E-state index contributed by atoms with van der Waals surface area (Å²) in [7, 11) is -2.17. The van der Waals surface area contributed by atoms with Crippen molar-refractivity contribution >= 4 is 15.8 Å². The molecule has 0 saturated carbocycles. The van der Waals surface area contributed by atoms with Crippen molar-refractivity contribution in [3.05, 3.63) is 29.3 Å². The number of sulfone groups is 1. The highest BCUT2D eigenvalue weighted by Crippen LogP contribution is 2.21. The maximum absolute atomic E-state index is 12.0. The molecule has 20 heavy (non-hydrogen) atoms. The van der Waals surface area contributed by atoms with E-state index in [2.05, 4.69) is 0 Å². The van der Waals surface area contributed by atoms with Gasteiger partial charge in [-0.2, -0.15) is 5.26 Å². The molecule has 0 radical (unpaired) electrons. The maximum Gasteiger partial charge on any atom is 0.304 e. The molecule has 1 aromatic carbocycles. The summed E-state index contributed by atoms with van der Waals surface area (Å²) in [5, 5.41) is 16.6. The molecule has 108 valence electrons. The zero-order valence-electron chi connectivity index (χ0n) is 11.2. The number of nitrogens with zero attached hydrogens (tertiary/aromatic N) is 1. The fraction of sp³-hybridized carbons (Fsp3) is 0.385. The van der Waals surface area contributed by atoms with E-state index in [0.717, 1.165) is 0 Å². The summed E-state index contributed by atoms with van der Waals surface area (Å²) in [4.78, 5) is 10.6. The number of hydrogen-bond acceptors (Lipinski definition) is 5. The molecule has 0 bridgehead atoms. The van der Waals surface area contributed by atoms with Gasteiger partial charge in [-0.05, 0) is 24.6 Å². The van der Waals surface area contributed by atoms with E-state index in [1.54, 1.807) is 6.07 Å². The number of carbonyl (C=O) groups is 1. The molecule has 0 aromatic heterocycles. The van der Waals surface area contributed by atoms with Crippen LogP contribution in [0.2, 0.25) is 0 Å². The first-order valence-corrected chi connectivity index (χ1v) is 7.52. The monoisotopic (exact) mass is 297 g/mol. The highest BCUT2D eigenvalue weighted by atomic mass is 32.2. The predicted octanol–water partition coefficient (Wildman–Crippen LogP) is 1.34. The Kier molecular flexibility index (Phi) is 5.11. The second kappa shape index (κ2) is 6.39. The molecule has 0 heterocycles. The van der Waals surface area contributed by atoms with Gasteiger partial charge in [-0.1, -0.05) is 6.07 Å². The SMILES string of the molecule is COc1ccc(CS(=O)(=O)C(C)CC(=O)O)cc1C#N. The molecule has 0 amide bonds. The van der Waals surface area contributed by atoms with Gasteiger partial charge in [0.2, 0.25) is 0 Å². The smallest absolute Gasteiger partial charge is 0.304 e. The van der Waals surface area contributed by atoms with Gasteiger partial charge in [0, 0.05) is 0 Å². The zero-order valence-corrected chi connectivity index (χ0v) is 12.0. The van der Waals surface area contributed by atoms with Crippen LogP contribution in [0.1, 0.15) is 24.5 Å². The first-order chi connectivity index (χ1) is 9.30. The first-order valence-electron chi connectivity index (χ1n) is 5.80. The van der Waals surface area contributed by atoms with E-state index in [1.807, 2.05) is 6.07 Å². The average molecular weight is 297 g/mol. The molecule has 0 fully saturated rings. The van der Waals surface area contributed by atoms with Gasteiger partial charge in [0.25, 0.3) is 0 Å². The fourth-order valence-electron chi connectivity index (χ4n) is 1.68. The minimum atomic E-state index is -3.58. The van der Waals surface area contributed by atoms with Crippen molar-refractivity contribution in [2.24, 2.45) is 0 Å². The van der Waals surface area contributed by atoms with Crippen molar-refractivity contribution in [3.63, 3.8) is 0 Å². The number of nitriles is 1. The number of carboxylic acid groups (broad SMARTS) is 1. The van der Waals surface area contributed by atoms with Crippen LogP contribution < -0.4 is 4.74 Å². The van der Waals surface area contributed by atoms with Crippen LogP contribution >= 0.6 is 0 Å². The second-order valence-electron chi connectivity index (χ2n) is 4.36. The summed E-state index contributed by atoms with van der Waals surface area (Å²) in [6.07, 6.45) is -0.441. The van der Waals surface area contributed by atoms with Gasteiger partial charge in [-0.25, -0.2) is 8.42 Å². The number of methoxy groups -OCH3 is 1. The van der Waals surface area contributed by atoms with Gasteiger partial charge >= 0.3 is 5.97 Å². The molecular weight excluding hydrogens is 282 g/mol. The topological polar surface area (TPSA) is 104 Å². The minimum Gasteiger partial charge on any atom is -0.495 e. The first kappa shape index (κ1) is 16.0. The molecule has 0 saturated heterocycles. The summed E-state index contributed by atoms with van der Waals surface area (Å²) >= 11 is 0. The van der Waals surface area contributed by atoms with Crippen molar-refractivity contribution in [3.8, 4) is 11.8 Å². The number of ether oxygens (including phenoxy) is 1. The lowest BCUT2D eigenvalue weighted by molar-refractivity contribution is -0.136. The quantitative estimate of drug-likeness (QED) is 0.849. The molecule has 1 N–H and O–H groups in total. The highest BCUT2D eigenvalue weighted by molar-refractivity contribution is 7.91. The molecule has 7 heteroatoms. The number of rotatable bonds is 6. The molecule has 6 nitrogen and oxygen atoms in total. The summed E-state index contributed by atoms with van der Waals surface area (Å²) in [5.41, 5.74) is 0.672. The molecular formula is C13H15NO5S. The Hall–Kier alpha value is -2.07. The van der Waals surface area contributed by atoms with Crippen LogP contribution in [0.15, 0.2) is 18.2 Å². The fourth-order valence-corrected chi connectivity index (χ4v) is 3.00. The van der Waals surface area contributed by atoms with Gasteiger partial charge < -0.3 is 9.84 Å². The van der Waals surface area contributed by atoms with Crippen LogP contribution in [0.5, 0.6) is 5.75 Å². The maximum atomic E-state index is 12.0. The molecule has 0 aliphatic carbocycles. The average Bonchev–Trinajstić information content (AvgIpc) is 2.37. The van der Waals surface area contributed by atoms with Crippen LogP contribution in [0.25, 0.3) is 0 Å². The lowest BCUT2D eigenvalue weighted by Crippen LogP contribution is -2.22. The molecule has 1 atom stereocenters. The predicted molar refractivity (Wildman–Crippen MR) is 72.0 cm³/mol. The van der Waals surface area contributed by atoms with E-state index < -0.39 is 27.5 Å². The Morgan fingerprint density at radius 3 is 2.65 bits per heavy atom. The van der Waals surface area contributed by atoms with Crippen LogP contribution in [-0.4, -0.2) is 31.9 Å². The molecule has 1 rings (SSSR count). The lowest BCUT2D eigenvalue weighted by Gasteiger charge is -2.11. The largest absolute Gasteiger partial charge is 0.495 e. The third kappa shape index (κ3) is 3.96. The van der Waals surface area contributed by atoms with Crippen molar-refractivity contribution in [2.45, 2.75) is 24.3 Å². The minimum absolute atomic E-state index is 0.242. The van der Waals surface area contributed by atoms with Crippen molar-refractivity contribution in [2.75, 3.05) is 7.11 Å². The van der Waals surface area contributed by atoms with E-state index >= 15 is 0 Å². The van der Waals surface area contributed by atoms with Gasteiger partial charge in [0.05, 0.1) is 30.1 Å². The number of aliphatic carboxylic acids is 1. The van der Waals surface area contributed by atoms with Crippen molar-refractivity contribution in [1.29, 1.82) is 5.26 Å². The number of hydrogen-bond donors (Lipinski definition) is 1. The van der Waals surface area contributed by atoms with E-state index in [-0.39, 0.29) is 11.3 Å². The van der Waals surface area contributed by atoms with Crippen LogP contribution in [-0.2, 0) is 20.4 Å². The number of benzene rings is 1. The third-order valence-electron chi connectivity index (χ3n) is 2.83. The summed E-state index contributed by atoms with van der Waals surface area (Å²) < 4.78 is 29.0. The van der Waals surface area contributed by atoms with E-state index in [1.165, 1.54) is 26.2 Å². The Labute approximate surface area is 117 Å². The van der Waals surface area contributed by atoms with E-state index in [4.69, 9.17) is 15.1 Å².